The predicted molar refractivity (Wildman–Crippen MR) is 116 cm³/mol. The Hall–Kier alpha value is -3.35. The number of pyridine rings is 1. The van der Waals surface area contributed by atoms with Crippen LogP contribution in [0.4, 0.5) is 22.2 Å². The molecule has 1 fully saturated rings. The molecule has 1 saturated heterocycles. The molecule has 10 nitrogen and oxygen atoms in total. The number of nitrogens with zero attached hydrogens (tertiary/aromatic N) is 4. The summed E-state index contributed by atoms with van der Waals surface area (Å²) in [5.74, 6) is -1.37. The van der Waals surface area contributed by atoms with Crippen LogP contribution in [0, 0.1) is 0 Å². The van der Waals surface area contributed by atoms with E-state index in [0.717, 1.165) is 5.69 Å². The van der Waals surface area contributed by atoms with E-state index in [9.17, 15) is 19.5 Å². The molecule has 12 heteroatoms. The zero-order valence-corrected chi connectivity index (χ0v) is 17.6. The Morgan fingerprint density at radius 1 is 1.26 bits per heavy atom. The highest BCUT2D eigenvalue weighted by molar-refractivity contribution is 7.16. The number of carbonyl (C=O) groups excluding carboxylic acids is 3. The number of aliphatic hydroxyl groups is 1. The highest BCUT2D eigenvalue weighted by Gasteiger charge is 2.42. The van der Waals surface area contributed by atoms with E-state index >= 15 is 0 Å². The average molecular weight is 457 g/mol. The summed E-state index contributed by atoms with van der Waals surface area (Å²) in [6.07, 6.45) is 3.24. The van der Waals surface area contributed by atoms with Crippen molar-refractivity contribution in [3.05, 3.63) is 45.9 Å². The maximum absolute atomic E-state index is 12.8. The third-order valence-corrected chi connectivity index (χ3v) is 7.01. The van der Waals surface area contributed by atoms with Crippen LogP contribution >= 0.6 is 22.7 Å². The van der Waals surface area contributed by atoms with Crippen molar-refractivity contribution < 1.29 is 19.5 Å². The number of thiophene rings is 1. The maximum atomic E-state index is 12.8. The summed E-state index contributed by atoms with van der Waals surface area (Å²) in [4.78, 5) is 48.9. The van der Waals surface area contributed by atoms with Crippen molar-refractivity contribution in [2.24, 2.45) is 5.73 Å². The minimum absolute atomic E-state index is 0.0239. The van der Waals surface area contributed by atoms with Gasteiger partial charge in [0, 0.05) is 24.5 Å². The Morgan fingerprint density at radius 3 is 2.87 bits per heavy atom. The normalized spacial score (nSPS) is 19.8. The van der Waals surface area contributed by atoms with E-state index in [-0.39, 0.29) is 24.6 Å². The van der Waals surface area contributed by atoms with Crippen LogP contribution in [0.1, 0.15) is 26.6 Å². The first-order chi connectivity index (χ1) is 14.9. The first-order valence-corrected chi connectivity index (χ1v) is 11.0. The van der Waals surface area contributed by atoms with Crippen molar-refractivity contribution in [3.8, 4) is 0 Å². The predicted octanol–water partition coefficient (Wildman–Crippen LogP) is 1.57. The van der Waals surface area contributed by atoms with Gasteiger partial charge < -0.3 is 21.1 Å². The van der Waals surface area contributed by atoms with Gasteiger partial charge in [-0.2, -0.15) is 0 Å². The molecule has 0 saturated carbocycles. The molecule has 1 atom stereocenters. The first kappa shape index (κ1) is 19.6. The van der Waals surface area contributed by atoms with Crippen molar-refractivity contribution >= 4 is 62.6 Å². The lowest BCUT2D eigenvalue weighted by Crippen LogP contribution is -2.46. The van der Waals surface area contributed by atoms with Crippen LogP contribution in [-0.2, 0) is 4.79 Å². The van der Waals surface area contributed by atoms with Gasteiger partial charge in [0.1, 0.15) is 10.6 Å². The van der Waals surface area contributed by atoms with Gasteiger partial charge in [-0.25, -0.2) is 9.88 Å². The Morgan fingerprint density at radius 2 is 2.10 bits per heavy atom. The summed E-state index contributed by atoms with van der Waals surface area (Å²) in [5.41, 5.74) is 5.68. The number of aromatic nitrogens is 2. The molecule has 5 rings (SSSR count). The Labute approximate surface area is 183 Å². The van der Waals surface area contributed by atoms with Gasteiger partial charge in [0.15, 0.2) is 10.7 Å². The van der Waals surface area contributed by atoms with Gasteiger partial charge in [-0.05, 0) is 17.5 Å². The maximum Gasteiger partial charge on any atom is 0.276 e. The van der Waals surface area contributed by atoms with E-state index in [0.29, 0.717) is 27.9 Å². The molecule has 4 N–H and O–H groups in total. The summed E-state index contributed by atoms with van der Waals surface area (Å²) in [6, 6.07) is 3.53. The second-order valence-electron chi connectivity index (χ2n) is 7.21. The van der Waals surface area contributed by atoms with Gasteiger partial charge in [0.25, 0.3) is 17.7 Å². The molecular weight excluding hydrogens is 440 g/mol. The molecule has 31 heavy (non-hydrogen) atoms. The van der Waals surface area contributed by atoms with Gasteiger partial charge in [0.2, 0.25) is 0 Å². The van der Waals surface area contributed by atoms with Gasteiger partial charge in [-0.1, -0.05) is 0 Å². The zero-order chi connectivity index (χ0) is 21.8. The smallest absolute Gasteiger partial charge is 0.276 e. The van der Waals surface area contributed by atoms with Crippen molar-refractivity contribution in [2.45, 2.75) is 12.0 Å². The fraction of sp³-hybridized carbons (Fsp3) is 0.211. The van der Waals surface area contributed by atoms with Gasteiger partial charge >= 0.3 is 0 Å². The SMILES string of the molecule is NC(=O)C1(O)CCN(c2ccncc2NC(=O)c2csc(N3C(=O)c4sccc43)n2)C1. The van der Waals surface area contributed by atoms with Crippen molar-refractivity contribution in [3.63, 3.8) is 0 Å². The van der Waals surface area contributed by atoms with E-state index in [1.54, 1.807) is 22.5 Å². The van der Waals surface area contributed by atoms with Crippen molar-refractivity contribution in [1.29, 1.82) is 0 Å². The second-order valence-corrected chi connectivity index (χ2v) is 8.96. The number of rotatable bonds is 5. The number of nitrogens with two attached hydrogens (primary N) is 1. The molecule has 3 aromatic rings. The Bertz CT molecular complexity index is 1220. The summed E-state index contributed by atoms with van der Waals surface area (Å²) in [7, 11) is 0. The van der Waals surface area contributed by atoms with E-state index in [4.69, 9.17) is 5.73 Å². The number of primary amides is 1. The molecule has 0 radical (unpaired) electrons. The molecule has 0 spiro atoms. The molecule has 3 amide bonds. The lowest BCUT2D eigenvalue weighted by molar-refractivity contribution is -0.134. The van der Waals surface area contributed by atoms with E-state index in [1.807, 2.05) is 11.4 Å². The highest BCUT2D eigenvalue weighted by Crippen LogP contribution is 2.43. The lowest BCUT2D eigenvalue weighted by atomic mass is 10.0. The van der Waals surface area contributed by atoms with Crippen LogP contribution in [-0.4, -0.2) is 51.5 Å². The molecule has 0 aliphatic carbocycles. The molecule has 1 unspecified atom stereocenters. The minimum atomic E-state index is -1.61. The second kappa shape index (κ2) is 7.11. The van der Waals surface area contributed by atoms with Crippen LogP contribution in [0.3, 0.4) is 0 Å². The van der Waals surface area contributed by atoms with E-state index in [2.05, 4.69) is 15.3 Å². The number of hydrogen-bond acceptors (Lipinski definition) is 9. The average Bonchev–Trinajstić information content (AvgIpc) is 3.48. The zero-order valence-electron chi connectivity index (χ0n) is 15.9. The van der Waals surface area contributed by atoms with Crippen molar-refractivity contribution in [2.75, 3.05) is 28.2 Å². The fourth-order valence-corrected chi connectivity index (χ4v) is 5.22. The van der Waals surface area contributed by atoms with E-state index < -0.39 is 17.4 Å². The standard InChI is InChI=1S/C19H16N6O4S2/c20-17(28)19(29)3-5-24(9-19)12-1-4-21-7-10(12)22-15(26)11-8-31-18(23-11)25-13-2-6-30-14(13)16(25)27/h1-2,4,6-8,29H,3,5,9H2,(H2,20,28)(H,22,26). The van der Waals surface area contributed by atoms with Crippen LogP contribution in [0.2, 0.25) is 0 Å². The van der Waals surface area contributed by atoms with Crippen LogP contribution in [0.5, 0.6) is 0 Å². The number of fused-ring (bicyclic) bond motifs is 1. The monoisotopic (exact) mass is 456 g/mol. The van der Waals surface area contributed by atoms with Crippen molar-refractivity contribution in [1.82, 2.24) is 9.97 Å². The quantitative estimate of drug-likeness (QED) is 0.529. The molecule has 5 heterocycles. The third kappa shape index (κ3) is 3.15. The number of carbonyl (C=O) groups is 3. The van der Waals surface area contributed by atoms with E-state index in [1.165, 1.54) is 33.8 Å². The lowest BCUT2D eigenvalue weighted by Gasteiger charge is -2.27. The number of thiazole rings is 1. The number of anilines is 4. The molecule has 0 bridgehead atoms. The van der Waals surface area contributed by atoms with Gasteiger partial charge in [0.05, 0.1) is 29.8 Å². The van der Waals surface area contributed by atoms with Crippen LogP contribution in [0.15, 0.2) is 35.3 Å². The third-order valence-electron chi connectivity index (χ3n) is 5.29. The molecule has 0 aromatic carbocycles. The first-order valence-electron chi connectivity index (χ1n) is 9.27. The Balaban J connectivity index is 1.34. The van der Waals surface area contributed by atoms with Gasteiger partial charge in [-0.3, -0.25) is 19.4 Å². The Kier molecular flexibility index (Phi) is 4.50. The summed E-state index contributed by atoms with van der Waals surface area (Å²) in [5, 5.41) is 17.0. The molecule has 2 aliphatic rings. The number of β-amino-alcohol motifs (C(OH)–C–C–N with tert-alkyl or cyclic N) is 1. The molecule has 2 aliphatic heterocycles. The van der Waals surface area contributed by atoms with Crippen LogP contribution < -0.4 is 20.9 Å². The fourth-order valence-electron chi connectivity index (χ4n) is 3.60. The largest absolute Gasteiger partial charge is 0.378 e. The summed E-state index contributed by atoms with van der Waals surface area (Å²) < 4.78 is 0. The topological polar surface area (TPSA) is 142 Å². The summed E-state index contributed by atoms with van der Waals surface area (Å²) >= 11 is 2.58. The summed E-state index contributed by atoms with van der Waals surface area (Å²) in [6.45, 7) is 0.420. The number of amides is 3. The minimum Gasteiger partial charge on any atom is -0.378 e. The number of nitrogens with one attached hydrogen (secondary N) is 1. The van der Waals surface area contributed by atoms with Gasteiger partial charge in [-0.15, -0.1) is 22.7 Å². The highest BCUT2D eigenvalue weighted by atomic mass is 32.1. The number of hydrogen-bond donors (Lipinski definition) is 3. The molecule has 158 valence electrons. The molecular formula is C19H16N6O4S2. The van der Waals surface area contributed by atoms with Crippen LogP contribution in [0.25, 0.3) is 0 Å². The molecule has 3 aromatic heterocycles.